The standard InChI is InChI=1S/C44H44N2/c1-7-8-9-16-30(2)43(3,4)37-17-10-13-20-40(37)45-33-25-23-31-27-32-24-26-34(29-36(32)35(31)28-33)46-41-21-14-11-18-38(41)44(5,6)39-19-12-15-22-42(39)46/h7-23,25,28-29,45H,1,24,26-27H2,2-6H3/b9-8-,30-16+. The summed E-state index contributed by atoms with van der Waals surface area (Å²) in [6.45, 7) is 15.3. The number of anilines is 4. The molecule has 0 aromatic heterocycles. The number of hydrogen-bond donors (Lipinski definition) is 1. The highest BCUT2D eigenvalue weighted by atomic mass is 15.2. The van der Waals surface area contributed by atoms with Gasteiger partial charge < -0.3 is 10.2 Å². The van der Waals surface area contributed by atoms with Crippen LogP contribution < -0.4 is 10.2 Å². The molecule has 0 bridgehead atoms. The minimum absolute atomic E-state index is 0.0502. The van der Waals surface area contributed by atoms with Crippen LogP contribution in [0.15, 0.2) is 145 Å². The predicted molar refractivity (Wildman–Crippen MR) is 197 cm³/mol. The molecule has 2 aliphatic carbocycles. The van der Waals surface area contributed by atoms with Crippen molar-refractivity contribution in [2.45, 2.75) is 64.7 Å². The van der Waals surface area contributed by atoms with E-state index in [2.05, 4.69) is 161 Å². The highest BCUT2D eigenvalue weighted by Crippen LogP contribution is 2.52. The molecule has 0 spiro atoms. The van der Waals surface area contributed by atoms with Crippen LogP contribution >= 0.6 is 0 Å². The number of fused-ring (bicyclic) bond motifs is 4. The topological polar surface area (TPSA) is 15.3 Å². The van der Waals surface area contributed by atoms with Crippen LogP contribution in [0.3, 0.4) is 0 Å². The van der Waals surface area contributed by atoms with Crippen LogP contribution in [-0.2, 0) is 17.3 Å². The Morgan fingerprint density at radius 2 is 1.52 bits per heavy atom. The zero-order chi connectivity index (χ0) is 32.1. The average Bonchev–Trinajstić information content (AvgIpc) is 3.42. The van der Waals surface area contributed by atoms with Crippen molar-refractivity contribution in [1.82, 2.24) is 0 Å². The molecule has 4 aromatic carbocycles. The fourth-order valence-corrected chi connectivity index (χ4v) is 7.64. The third-order valence-electron chi connectivity index (χ3n) is 10.6. The largest absolute Gasteiger partial charge is 0.355 e. The van der Waals surface area contributed by atoms with E-state index in [1.54, 1.807) is 5.57 Å². The van der Waals surface area contributed by atoms with E-state index < -0.39 is 0 Å². The molecule has 2 nitrogen and oxygen atoms in total. The van der Waals surface area contributed by atoms with Crippen molar-refractivity contribution in [3.63, 3.8) is 0 Å². The number of nitrogens with zero attached hydrogens (tertiary/aromatic N) is 1. The van der Waals surface area contributed by atoms with Gasteiger partial charge >= 0.3 is 0 Å². The van der Waals surface area contributed by atoms with Crippen LogP contribution in [-0.4, -0.2) is 0 Å². The number of benzene rings is 4. The van der Waals surface area contributed by atoms with Crippen molar-refractivity contribution in [3.05, 3.63) is 173 Å². The van der Waals surface area contributed by atoms with Gasteiger partial charge in [0, 0.05) is 39.3 Å². The molecular formula is C44H44N2. The van der Waals surface area contributed by atoms with Crippen molar-refractivity contribution in [2.75, 3.05) is 10.2 Å². The normalized spacial score (nSPS) is 16.8. The first kappa shape index (κ1) is 29.9. The van der Waals surface area contributed by atoms with Crippen LogP contribution in [0.5, 0.6) is 0 Å². The van der Waals surface area contributed by atoms with Crippen molar-refractivity contribution >= 4 is 28.3 Å². The van der Waals surface area contributed by atoms with E-state index in [1.165, 1.54) is 56.0 Å². The Labute approximate surface area is 275 Å². The summed E-state index contributed by atoms with van der Waals surface area (Å²) in [4.78, 5) is 2.54. The van der Waals surface area contributed by atoms with E-state index in [1.807, 2.05) is 12.2 Å². The van der Waals surface area contributed by atoms with E-state index >= 15 is 0 Å². The SMILES string of the molecule is C=C/C=C\C=C(/C)C(C)(C)c1ccccc1Nc1ccc2c(c1)C1=C(CCC(N3c4ccccc4C(C)(C)c4ccccc43)=C1)C2. The van der Waals surface area contributed by atoms with Crippen LogP contribution in [0.4, 0.5) is 22.7 Å². The molecule has 0 radical (unpaired) electrons. The molecule has 2 heteroatoms. The summed E-state index contributed by atoms with van der Waals surface area (Å²) in [6.07, 6.45) is 13.7. The van der Waals surface area contributed by atoms with Gasteiger partial charge in [0.05, 0.1) is 0 Å². The first-order chi connectivity index (χ1) is 22.2. The fourth-order valence-electron chi connectivity index (χ4n) is 7.64. The summed E-state index contributed by atoms with van der Waals surface area (Å²) in [7, 11) is 0. The molecule has 46 heavy (non-hydrogen) atoms. The van der Waals surface area contributed by atoms with Crippen molar-refractivity contribution < 1.29 is 0 Å². The molecule has 1 N–H and O–H groups in total. The lowest BCUT2D eigenvalue weighted by atomic mass is 9.73. The zero-order valence-corrected chi connectivity index (χ0v) is 27.8. The van der Waals surface area contributed by atoms with Crippen LogP contribution in [0.2, 0.25) is 0 Å². The highest BCUT2D eigenvalue weighted by molar-refractivity contribution is 5.89. The summed E-state index contributed by atoms with van der Waals surface area (Å²) in [6, 6.07) is 33.6. The number of nitrogens with one attached hydrogen (secondary N) is 1. The van der Waals surface area contributed by atoms with Gasteiger partial charge in [0.15, 0.2) is 0 Å². The number of para-hydroxylation sites is 3. The molecule has 4 aromatic rings. The smallest absolute Gasteiger partial charge is 0.0499 e. The number of allylic oxidation sites excluding steroid dienone is 9. The second kappa shape index (κ2) is 11.5. The summed E-state index contributed by atoms with van der Waals surface area (Å²) >= 11 is 0. The van der Waals surface area contributed by atoms with Crippen molar-refractivity contribution in [1.29, 1.82) is 0 Å². The molecule has 1 aliphatic heterocycles. The molecule has 230 valence electrons. The van der Waals surface area contributed by atoms with Crippen molar-refractivity contribution in [2.24, 2.45) is 0 Å². The predicted octanol–water partition coefficient (Wildman–Crippen LogP) is 11.9. The van der Waals surface area contributed by atoms with E-state index in [0.29, 0.717) is 0 Å². The Bertz CT molecular complexity index is 1930. The van der Waals surface area contributed by atoms with E-state index in [-0.39, 0.29) is 10.8 Å². The second-order valence-corrected chi connectivity index (χ2v) is 14.0. The highest BCUT2D eigenvalue weighted by Gasteiger charge is 2.38. The molecule has 3 aliphatic rings. The van der Waals surface area contributed by atoms with Gasteiger partial charge in [-0.15, -0.1) is 0 Å². The third kappa shape index (κ3) is 4.97. The maximum absolute atomic E-state index is 3.82. The first-order valence-corrected chi connectivity index (χ1v) is 16.6. The van der Waals surface area contributed by atoms with E-state index in [0.717, 1.165) is 30.6 Å². The van der Waals surface area contributed by atoms with Crippen LogP contribution in [0, 0.1) is 0 Å². The minimum atomic E-state index is -0.141. The quantitative estimate of drug-likeness (QED) is 0.212. The molecule has 0 fully saturated rings. The number of rotatable bonds is 7. The lowest BCUT2D eigenvalue weighted by Gasteiger charge is -2.43. The molecule has 0 atom stereocenters. The molecule has 7 rings (SSSR count). The van der Waals surface area contributed by atoms with Gasteiger partial charge in [-0.05, 0) is 96.0 Å². The van der Waals surface area contributed by atoms with Gasteiger partial charge in [0.2, 0.25) is 0 Å². The second-order valence-electron chi connectivity index (χ2n) is 14.0. The summed E-state index contributed by atoms with van der Waals surface area (Å²) in [5, 5.41) is 3.82. The van der Waals surface area contributed by atoms with Gasteiger partial charge in [-0.25, -0.2) is 0 Å². The Morgan fingerprint density at radius 1 is 0.848 bits per heavy atom. The Kier molecular flexibility index (Phi) is 7.48. The van der Waals surface area contributed by atoms with Gasteiger partial charge in [-0.2, -0.15) is 0 Å². The molecule has 1 heterocycles. The number of hydrogen-bond acceptors (Lipinski definition) is 2. The van der Waals surface area contributed by atoms with Crippen molar-refractivity contribution in [3.8, 4) is 0 Å². The summed E-state index contributed by atoms with van der Waals surface area (Å²) < 4.78 is 0. The Hall–Kier alpha value is -4.82. The molecule has 0 saturated heterocycles. The zero-order valence-electron chi connectivity index (χ0n) is 27.8. The molecular weight excluding hydrogens is 556 g/mol. The third-order valence-corrected chi connectivity index (χ3v) is 10.6. The monoisotopic (exact) mass is 600 g/mol. The van der Waals surface area contributed by atoms with Crippen LogP contribution in [0.25, 0.3) is 5.57 Å². The van der Waals surface area contributed by atoms with Gasteiger partial charge in [0.1, 0.15) is 0 Å². The minimum Gasteiger partial charge on any atom is -0.355 e. The van der Waals surface area contributed by atoms with E-state index in [4.69, 9.17) is 0 Å². The summed E-state index contributed by atoms with van der Waals surface area (Å²) in [5.41, 5.74) is 17.2. The van der Waals surface area contributed by atoms with Gasteiger partial charge in [-0.1, -0.05) is 130 Å². The lowest BCUT2D eigenvalue weighted by molar-refractivity contribution is 0.625. The van der Waals surface area contributed by atoms with Gasteiger partial charge in [-0.3, -0.25) is 0 Å². The summed E-state index contributed by atoms with van der Waals surface area (Å²) in [5.74, 6) is 0. The Morgan fingerprint density at radius 3 is 2.24 bits per heavy atom. The average molecular weight is 601 g/mol. The Balaban J connectivity index is 1.24. The maximum Gasteiger partial charge on any atom is 0.0499 e. The fraction of sp³-hybridized carbons (Fsp3) is 0.227. The molecule has 0 amide bonds. The lowest BCUT2D eigenvalue weighted by Crippen LogP contribution is -2.32. The molecule has 0 unspecified atom stereocenters. The molecule has 0 saturated carbocycles. The maximum atomic E-state index is 3.82. The van der Waals surface area contributed by atoms with Crippen LogP contribution in [0.1, 0.15) is 75.3 Å². The first-order valence-electron chi connectivity index (χ1n) is 16.6. The van der Waals surface area contributed by atoms with Gasteiger partial charge in [0.25, 0.3) is 0 Å². The van der Waals surface area contributed by atoms with E-state index in [9.17, 15) is 0 Å².